The maximum Gasteiger partial charge on any atom is 0.379 e. The van der Waals surface area contributed by atoms with E-state index >= 15 is 0 Å². The summed E-state index contributed by atoms with van der Waals surface area (Å²) in [5.41, 5.74) is 7.19. The Bertz CT molecular complexity index is 1200. The fourth-order valence-electron chi connectivity index (χ4n) is 3.58. The predicted octanol–water partition coefficient (Wildman–Crippen LogP) is 2.93. The first-order chi connectivity index (χ1) is 14.3. The number of hydrogen-bond acceptors (Lipinski definition) is 5. The number of nitrogens with zero attached hydrogens (tertiary/aromatic N) is 1. The summed E-state index contributed by atoms with van der Waals surface area (Å²) in [6, 6.07) is 11.9. The van der Waals surface area contributed by atoms with Crippen LogP contribution in [0.25, 0.3) is 10.9 Å². The van der Waals surface area contributed by atoms with E-state index in [2.05, 4.69) is 4.74 Å². The van der Waals surface area contributed by atoms with Gasteiger partial charge in [-0.25, -0.2) is 4.79 Å². The molecule has 1 heterocycles. The number of ether oxygens (including phenoxy) is 1. The van der Waals surface area contributed by atoms with Crippen molar-refractivity contribution in [3.05, 3.63) is 69.9 Å². The van der Waals surface area contributed by atoms with Gasteiger partial charge in [-0.05, 0) is 36.2 Å². The number of primary amides is 1. The average Bonchev–Trinajstić information content (AvgIpc) is 3.05. The van der Waals surface area contributed by atoms with Crippen LogP contribution in [-0.2, 0) is 27.3 Å². The van der Waals surface area contributed by atoms with Crippen LogP contribution >= 0.6 is 11.6 Å². The lowest BCUT2D eigenvalue weighted by atomic mass is 9.98. The minimum absolute atomic E-state index is 0.0230. The molecule has 2 N–H and O–H groups in total. The average molecular weight is 427 g/mol. The molecule has 0 saturated carbocycles. The van der Waals surface area contributed by atoms with E-state index in [1.165, 1.54) is 6.07 Å². The van der Waals surface area contributed by atoms with Gasteiger partial charge in [-0.1, -0.05) is 36.7 Å². The number of Topliss-reactive ketones (excluding diaryl/α,β-unsaturated/α-hetero) is 2. The highest BCUT2D eigenvalue weighted by molar-refractivity contribution is 6.48. The van der Waals surface area contributed by atoms with Gasteiger partial charge in [0, 0.05) is 28.2 Å². The van der Waals surface area contributed by atoms with Gasteiger partial charge in [0.15, 0.2) is 0 Å². The Morgan fingerprint density at radius 2 is 1.77 bits per heavy atom. The van der Waals surface area contributed by atoms with Gasteiger partial charge in [0.2, 0.25) is 0 Å². The summed E-state index contributed by atoms with van der Waals surface area (Å²) in [4.78, 5) is 49.0. The Labute approximate surface area is 177 Å². The standard InChI is InChI=1S/C22H19ClN2O5/c1-3-15-18(20(27)21(24)28)17-14(19(26)22(29)30-2)8-5-9-16(17)25(15)11-12-6-4-7-13(23)10-12/h4-10H,3,11H2,1-2H3,(H2,24,28). The largest absolute Gasteiger partial charge is 0.463 e. The Balaban J connectivity index is 2.37. The summed E-state index contributed by atoms with van der Waals surface area (Å²) < 4.78 is 6.37. The van der Waals surface area contributed by atoms with Gasteiger partial charge in [0.05, 0.1) is 18.2 Å². The predicted molar refractivity (Wildman–Crippen MR) is 112 cm³/mol. The van der Waals surface area contributed by atoms with Crippen molar-refractivity contribution < 1.29 is 23.9 Å². The SMILES string of the molecule is CCc1c(C(=O)C(N)=O)c2c(C(=O)C(=O)OC)cccc2n1Cc1cccc(Cl)c1. The Kier molecular flexibility index (Phi) is 6.03. The number of rotatable bonds is 7. The molecule has 0 spiro atoms. The minimum atomic E-state index is -1.15. The fraction of sp³-hybridized carbons (Fsp3) is 0.182. The zero-order chi connectivity index (χ0) is 22.0. The molecule has 30 heavy (non-hydrogen) atoms. The smallest absolute Gasteiger partial charge is 0.379 e. The van der Waals surface area contributed by atoms with Crippen LogP contribution in [0.3, 0.4) is 0 Å². The molecule has 0 fully saturated rings. The number of benzene rings is 2. The summed E-state index contributed by atoms with van der Waals surface area (Å²) in [7, 11) is 1.09. The molecule has 0 aliphatic carbocycles. The summed E-state index contributed by atoms with van der Waals surface area (Å²) >= 11 is 6.10. The van der Waals surface area contributed by atoms with Crippen LogP contribution in [0.1, 0.15) is 38.9 Å². The maximum absolute atomic E-state index is 12.7. The number of esters is 1. The quantitative estimate of drug-likeness (QED) is 0.355. The number of carbonyl (C=O) groups is 4. The van der Waals surface area contributed by atoms with Crippen molar-refractivity contribution in [2.24, 2.45) is 5.73 Å². The monoisotopic (exact) mass is 426 g/mol. The third kappa shape index (κ3) is 3.71. The second-order valence-corrected chi connectivity index (χ2v) is 7.04. The van der Waals surface area contributed by atoms with Gasteiger partial charge < -0.3 is 15.0 Å². The van der Waals surface area contributed by atoms with Gasteiger partial charge in [0.25, 0.3) is 17.5 Å². The van der Waals surface area contributed by atoms with Crippen molar-refractivity contribution in [2.45, 2.75) is 19.9 Å². The summed E-state index contributed by atoms with van der Waals surface area (Å²) in [6.07, 6.45) is 0.384. The van der Waals surface area contributed by atoms with E-state index in [1.54, 1.807) is 30.3 Å². The van der Waals surface area contributed by atoms with Crippen molar-refractivity contribution in [2.75, 3.05) is 7.11 Å². The van der Waals surface area contributed by atoms with Crippen LogP contribution in [0.15, 0.2) is 42.5 Å². The molecule has 1 amide bonds. The van der Waals surface area contributed by atoms with E-state index in [4.69, 9.17) is 17.3 Å². The van der Waals surface area contributed by atoms with E-state index in [9.17, 15) is 19.2 Å². The van der Waals surface area contributed by atoms with Crippen molar-refractivity contribution in [3.8, 4) is 0 Å². The Morgan fingerprint density at radius 3 is 2.37 bits per heavy atom. The van der Waals surface area contributed by atoms with Gasteiger partial charge in [0.1, 0.15) is 0 Å². The third-order valence-corrected chi connectivity index (χ3v) is 5.06. The van der Waals surface area contributed by atoms with E-state index in [-0.39, 0.29) is 16.5 Å². The molecule has 3 aromatic rings. The van der Waals surface area contributed by atoms with Crippen molar-refractivity contribution >= 4 is 45.9 Å². The third-order valence-electron chi connectivity index (χ3n) is 4.83. The molecule has 0 bridgehead atoms. The van der Waals surface area contributed by atoms with Gasteiger partial charge in [-0.15, -0.1) is 0 Å². The van der Waals surface area contributed by atoms with Crippen LogP contribution in [0, 0.1) is 0 Å². The first kappa shape index (κ1) is 21.3. The normalized spacial score (nSPS) is 10.8. The number of aromatic nitrogens is 1. The topological polar surface area (TPSA) is 108 Å². The Hall–Kier alpha value is -3.45. The number of amides is 1. The first-order valence-electron chi connectivity index (χ1n) is 9.15. The van der Waals surface area contributed by atoms with E-state index in [0.717, 1.165) is 12.7 Å². The van der Waals surface area contributed by atoms with Crippen molar-refractivity contribution in [1.82, 2.24) is 4.57 Å². The van der Waals surface area contributed by atoms with Gasteiger partial charge >= 0.3 is 5.97 Å². The van der Waals surface area contributed by atoms with Crippen LogP contribution in [-0.4, -0.2) is 35.1 Å². The lowest BCUT2D eigenvalue weighted by Gasteiger charge is -2.11. The van der Waals surface area contributed by atoms with E-state index in [1.807, 2.05) is 17.6 Å². The van der Waals surface area contributed by atoms with Crippen molar-refractivity contribution in [1.29, 1.82) is 0 Å². The zero-order valence-corrected chi connectivity index (χ0v) is 17.2. The highest BCUT2D eigenvalue weighted by Gasteiger charge is 2.30. The van der Waals surface area contributed by atoms with Crippen LogP contribution < -0.4 is 5.73 Å². The molecular formula is C22H19ClN2O5. The first-order valence-corrected chi connectivity index (χ1v) is 9.53. The Morgan fingerprint density at radius 1 is 1.07 bits per heavy atom. The number of halogens is 1. The summed E-state index contributed by atoms with van der Waals surface area (Å²) in [5, 5.41) is 0.757. The highest BCUT2D eigenvalue weighted by Crippen LogP contribution is 2.32. The van der Waals surface area contributed by atoms with Crippen LogP contribution in [0.4, 0.5) is 0 Å². The molecular weight excluding hydrogens is 408 g/mol. The maximum atomic E-state index is 12.7. The molecule has 3 rings (SSSR count). The molecule has 2 aromatic carbocycles. The van der Waals surface area contributed by atoms with E-state index in [0.29, 0.717) is 29.2 Å². The molecule has 0 atom stereocenters. The number of hydrogen-bond donors (Lipinski definition) is 1. The molecule has 7 nitrogen and oxygen atoms in total. The van der Waals surface area contributed by atoms with Crippen molar-refractivity contribution in [3.63, 3.8) is 0 Å². The molecule has 8 heteroatoms. The fourth-order valence-corrected chi connectivity index (χ4v) is 3.79. The lowest BCUT2D eigenvalue weighted by Crippen LogP contribution is -2.25. The molecule has 154 valence electrons. The lowest BCUT2D eigenvalue weighted by molar-refractivity contribution is -0.135. The molecule has 1 aromatic heterocycles. The molecule has 0 aliphatic heterocycles. The van der Waals surface area contributed by atoms with Crippen LogP contribution in [0.5, 0.6) is 0 Å². The highest BCUT2D eigenvalue weighted by atomic mass is 35.5. The second-order valence-electron chi connectivity index (χ2n) is 6.61. The number of fused-ring (bicyclic) bond motifs is 1. The number of carbonyl (C=O) groups excluding carboxylic acids is 4. The number of ketones is 2. The van der Waals surface area contributed by atoms with Gasteiger partial charge in [-0.2, -0.15) is 0 Å². The minimum Gasteiger partial charge on any atom is -0.463 e. The number of methoxy groups -OCH3 is 1. The summed E-state index contributed by atoms with van der Waals surface area (Å²) in [6.45, 7) is 2.16. The molecule has 0 saturated heterocycles. The van der Waals surface area contributed by atoms with Gasteiger partial charge in [-0.3, -0.25) is 14.4 Å². The van der Waals surface area contributed by atoms with E-state index < -0.39 is 23.4 Å². The molecule has 0 aliphatic rings. The van der Waals surface area contributed by atoms with Crippen LogP contribution in [0.2, 0.25) is 5.02 Å². The molecule has 0 radical (unpaired) electrons. The molecule has 0 unspecified atom stereocenters. The second kappa shape index (κ2) is 8.51. The number of nitrogens with two attached hydrogens (primary N) is 1. The zero-order valence-electron chi connectivity index (χ0n) is 16.4. The summed E-state index contributed by atoms with van der Waals surface area (Å²) in [5.74, 6) is -4.05.